The van der Waals surface area contributed by atoms with Crippen molar-refractivity contribution in [2.45, 2.75) is 64.8 Å². The normalized spacial score (nSPS) is 19.2. The molecule has 0 bridgehead atoms. The number of aromatic nitrogens is 1. The second-order valence-electron chi connectivity index (χ2n) is 8.18. The number of hydrogen-bond acceptors (Lipinski definition) is 6. The maximum atomic E-state index is 13.2. The third kappa shape index (κ3) is 5.48. The SMILES string of the molecule is Cc1nc(NC(=O)[C@H]2CCCN2C(=O)N(CCC2CCCC2)CC(=O)NO)sc1C. The molecule has 0 unspecified atom stereocenters. The van der Waals surface area contributed by atoms with Crippen LogP contribution in [0.5, 0.6) is 0 Å². The maximum absolute atomic E-state index is 13.2. The molecule has 1 saturated carbocycles. The van der Waals surface area contributed by atoms with Crippen LogP contribution >= 0.6 is 11.3 Å². The number of likely N-dealkylation sites (tertiary alicyclic amines) is 1. The van der Waals surface area contributed by atoms with Crippen LogP contribution in [-0.2, 0) is 9.59 Å². The molecule has 1 aliphatic heterocycles. The Morgan fingerprint density at radius 2 is 1.93 bits per heavy atom. The van der Waals surface area contributed by atoms with E-state index < -0.39 is 11.9 Å². The van der Waals surface area contributed by atoms with Gasteiger partial charge in [-0.25, -0.2) is 15.3 Å². The summed E-state index contributed by atoms with van der Waals surface area (Å²) in [4.78, 5) is 46.2. The van der Waals surface area contributed by atoms with Gasteiger partial charge in [-0.2, -0.15) is 0 Å². The number of hydrogen-bond donors (Lipinski definition) is 3. The van der Waals surface area contributed by atoms with E-state index in [0.717, 1.165) is 36.3 Å². The van der Waals surface area contributed by atoms with E-state index in [-0.39, 0.29) is 18.5 Å². The topological polar surface area (TPSA) is 115 Å². The largest absolute Gasteiger partial charge is 0.321 e. The molecular weight excluding hydrogens is 406 g/mol. The fourth-order valence-electron chi connectivity index (χ4n) is 4.25. The average molecular weight is 438 g/mol. The van der Waals surface area contributed by atoms with Gasteiger partial charge < -0.3 is 15.1 Å². The minimum absolute atomic E-state index is 0.224. The zero-order valence-corrected chi connectivity index (χ0v) is 18.5. The Labute approximate surface area is 180 Å². The van der Waals surface area contributed by atoms with Crippen molar-refractivity contribution in [2.75, 3.05) is 25.0 Å². The van der Waals surface area contributed by atoms with Crippen LogP contribution in [0.2, 0.25) is 0 Å². The van der Waals surface area contributed by atoms with Crippen molar-refractivity contribution in [1.82, 2.24) is 20.3 Å². The summed E-state index contributed by atoms with van der Waals surface area (Å²) in [5.41, 5.74) is 2.48. The number of amides is 4. The summed E-state index contributed by atoms with van der Waals surface area (Å²) in [5.74, 6) is -0.327. The first kappa shape index (κ1) is 22.5. The Balaban J connectivity index is 1.66. The van der Waals surface area contributed by atoms with Crippen LogP contribution in [0.4, 0.5) is 9.93 Å². The molecule has 10 heteroatoms. The molecule has 0 spiro atoms. The predicted octanol–water partition coefficient (Wildman–Crippen LogP) is 2.67. The summed E-state index contributed by atoms with van der Waals surface area (Å²) in [5, 5.41) is 12.3. The quantitative estimate of drug-likeness (QED) is 0.448. The monoisotopic (exact) mass is 437 g/mol. The summed E-state index contributed by atoms with van der Waals surface area (Å²) >= 11 is 1.41. The Morgan fingerprint density at radius 1 is 1.20 bits per heavy atom. The van der Waals surface area contributed by atoms with Crippen molar-refractivity contribution in [3.05, 3.63) is 10.6 Å². The van der Waals surface area contributed by atoms with Crippen LogP contribution in [0.3, 0.4) is 0 Å². The molecule has 3 N–H and O–H groups in total. The van der Waals surface area contributed by atoms with Crippen molar-refractivity contribution in [3.63, 3.8) is 0 Å². The first-order valence-corrected chi connectivity index (χ1v) is 11.4. The van der Waals surface area contributed by atoms with E-state index in [9.17, 15) is 14.4 Å². The van der Waals surface area contributed by atoms with Crippen LogP contribution < -0.4 is 10.8 Å². The molecule has 0 aromatic carbocycles. The molecule has 1 aromatic rings. The summed E-state index contributed by atoms with van der Waals surface area (Å²) in [6.45, 7) is 4.52. The highest BCUT2D eigenvalue weighted by molar-refractivity contribution is 7.15. The van der Waals surface area contributed by atoms with E-state index in [1.807, 2.05) is 13.8 Å². The summed E-state index contributed by atoms with van der Waals surface area (Å²) in [6.07, 6.45) is 6.84. The predicted molar refractivity (Wildman–Crippen MR) is 113 cm³/mol. The highest BCUT2D eigenvalue weighted by Gasteiger charge is 2.37. The fourth-order valence-corrected chi connectivity index (χ4v) is 5.07. The second-order valence-corrected chi connectivity index (χ2v) is 9.38. The van der Waals surface area contributed by atoms with E-state index >= 15 is 0 Å². The van der Waals surface area contributed by atoms with E-state index in [1.54, 1.807) is 10.4 Å². The van der Waals surface area contributed by atoms with Gasteiger partial charge in [0.1, 0.15) is 12.6 Å². The van der Waals surface area contributed by atoms with Gasteiger partial charge >= 0.3 is 6.03 Å². The number of anilines is 1. The molecule has 1 aliphatic carbocycles. The molecule has 3 rings (SSSR count). The number of urea groups is 1. The molecule has 2 heterocycles. The van der Waals surface area contributed by atoms with Crippen LogP contribution in [0.25, 0.3) is 0 Å². The van der Waals surface area contributed by atoms with Gasteiger partial charge in [0.2, 0.25) is 5.91 Å². The number of rotatable bonds is 7. The Morgan fingerprint density at radius 3 is 2.57 bits per heavy atom. The Bertz CT molecular complexity index is 758. The number of nitrogens with one attached hydrogen (secondary N) is 2. The van der Waals surface area contributed by atoms with Crippen LogP contribution in [-0.4, -0.2) is 63.5 Å². The number of hydroxylamine groups is 1. The minimum Gasteiger partial charge on any atom is -0.315 e. The lowest BCUT2D eigenvalue weighted by Crippen LogP contribution is -2.51. The highest BCUT2D eigenvalue weighted by atomic mass is 32.1. The smallest absolute Gasteiger partial charge is 0.315 e. The lowest BCUT2D eigenvalue weighted by atomic mass is 10.0. The van der Waals surface area contributed by atoms with Gasteiger partial charge in [-0.1, -0.05) is 25.7 Å². The molecule has 30 heavy (non-hydrogen) atoms. The number of aryl methyl sites for hydroxylation is 2. The van der Waals surface area contributed by atoms with Gasteiger partial charge in [0.05, 0.1) is 5.69 Å². The molecule has 2 fully saturated rings. The number of thiazole rings is 1. The Hall–Kier alpha value is -2.20. The average Bonchev–Trinajstić information content (AvgIpc) is 3.46. The van der Waals surface area contributed by atoms with Crippen LogP contribution in [0.1, 0.15) is 55.5 Å². The van der Waals surface area contributed by atoms with E-state index in [1.165, 1.54) is 29.1 Å². The standard InChI is InChI=1S/C20H31N5O4S/c1-13-14(2)30-19(21-13)22-18(27)16-8-5-10-25(16)20(28)24(12-17(26)23-29)11-9-15-6-3-4-7-15/h15-16,29H,3-12H2,1-2H3,(H,23,26)(H,21,22,27)/t16-/m1/s1. The first-order valence-electron chi connectivity index (χ1n) is 10.6. The third-order valence-corrected chi connectivity index (χ3v) is 7.06. The molecular formula is C20H31N5O4S. The first-order chi connectivity index (χ1) is 14.4. The lowest BCUT2D eigenvalue weighted by Gasteiger charge is -2.31. The molecule has 0 radical (unpaired) electrons. The molecule has 9 nitrogen and oxygen atoms in total. The second kappa shape index (κ2) is 10.2. The molecule has 1 atom stereocenters. The minimum atomic E-state index is -0.635. The molecule has 1 aromatic heterocycles. The van der Waals surface area contributed by atoms with Crippen molar-refractivity contribution in [1.29, 1.82) is 0 Å². The van der Waals surface area contributed by atoms with Gasteiger partial charge in [0, 0.05) is 18.0 Å². The van der Waals surface area contributed by atoms with E-state index in [2.05, 4.69) is 10.3 Å². The number of nitrogens with zero attached hydrogens (tertiary/aromatic N) is 3. The third-order valence-electron chi connectivity index (χ3n) is 6.07. The zero-order chi connectivity index (χ0) is 21.7. The van der Waals surface area contributed by atoms with Crippen molar-refractivity contribution in [2.24, 2.45) is 5.92 Å². The molecule has 2 aliphatic rings. The van der Waals surface area contributed by atoms with Gasteiger partial charge in [-0.15, -0.1) is 11.3 Å². The van der Waals surface area contributed by atoms with E-state index in [4.69, 9.17) is 5.21 Å². The van der Waals surface area contributed by atoms with Crippen molar-refractivity contribution in [3.8, 4) is 0 Å². The molecule has 166 valence electrons. The molecule has 1 saturated heterocycles. The molecule has 4 amide bonds. The summed E-state index contributed by atoms with van der Waals surface area (Å²) in [6, 6.07) is -0.922. The summed E-state index contributed by atoms with van der Waals surface area (Å²) < 4.78 is 0. The lowest BCUT2D eigenvalue weighted by molar-refractivity contribution is -0.129. The van der Waals surface area contributed by atoms with Gasteiger partial charge in [0.25, 0.3) is 5.91 Å². The van der Waals surface area contributed by atoms with Gasteiger partial charge in [-0.3, -0.25) is 14.8 Å². The van der Waals surface area contributed by atoms with E-state index in [0.29, 0.717) is 30.6 Å². The zero-order valence-electron chi connectivity index (χ0n) is 17.6. The van der Waals surface area contributed by atoms with Gasteiger partial charge in [0.15, 0.2) is 5.13 Å². The van der Waals surface area contributed by atoms with Crippen molar-refractivity contribution < 1.29 is 19.6 Å². The summed E-state index contributed by atoms with van der Waals surface area (Å²) in [7, 11) is 0. The van der Waals surface area contributed by atoms with Crippen molar-refractivity contribution >= 4 is 34.3 Å². The highest BCUT2D eigenvalue weighted by Crippen LogP contribution is 2.28. The Kier molecular flexibility index (Phi) is 7.65. The van der Waals surface area contributed by atoms with Crippen LogP contribution in [0, 0.1) is 19.8 Å². The number of carbonyl (C=O) groups is 3. The van der Waals surface area contributed by atoms with Gasteiger partial charge in [-0.05, 0) is 39.0 Å². The fraction of sp³-hybridized carbons (Fsp3) is 0.700. The number of carbonyl (C=O) groups excluding carboxylic acids is 3. The van der Waals surface area contributed by atoms with Crippen LogP contribution in [0.15, 0.2) is 0 Å². The maximum Gasteiger partial charge on any atom is 0.321 e.